The topological polar surface area (TPSA) is 98.6 Å². The van der Waals surface area contributed by atoms with Gasteiger partial charge in [-0.15, -0.1) is 0 Å². The van der Waals surface area contributed by atoms with Crippen molar-refractivity contribution in [1.82, 2.24) is 9.97 Å². The van der Waals surface area contributed by atoms with Crippen LogP contribution < -0.4 is 0 Å². The van der Waals surface area contributed by atoms with E-state index in [1.807, 2.05) is 0 Å². The zero-order chi connectivity index (χ0) is 15.1. The standard InChI is InChI=1S/C13H13FN2O4S/c14-7-1-2-15-12-5(7)3-6(13(21)16-12)11-10(19)9(18)8(4-17)20-11/h1-3,8-11,17-19H,4H2,(H,15,16,21). The lowest BCUT2D eigenvalue weighted by Gasteiger charge is -2.15. The zero-order valence-electron chi connectivity index (χ0n) is 10.7. The zero-order valence-corrected chi connectivity index (χ0v) is 11.5. The van der Waals surface area contributed by atoms with Crippen LogP contribution in [0, 0.1) is 10.5 Å². The Morgan fingerprint density at radius 3 is 2.81 bits per heavy atom. The highest BCUT2D eigenvalue weighted by atomic mass is 32.1. The monoisotopic (exact) mass is 312 g/mol. The Morgan fingerprint density at radius 2 is 2.14 bits per heavy atom. The lowest BCUT2D eigenvalue weighted by atomic mass is 10.0. The van der Waals surface area contributed by atoms with Gasteiger partial charge in [0.15, 0.2) is 0 Å². The van der Waals surface area contributed by atoms with Crippen molar-refractivity contribution in [2.45, 2.75) is 24.4 Å². The molecule has 0 amide bonds. The van der Waals surface area contributed by atoms with Crippen molar-refractivity contribution in [3.63, 3.8) is 0 Å². The number of aliphatic hydroxyl groups excluding tert-OH is 3. The van der Waals surface area contributed by atoms with Crippen molar-refractivity contribution >= 4 is 23.3 Å². The molecule has 0 saturated carbocycles. The van der Waals surface area contributed by atoms with Crippen LogP contribution in [0.15, 0.2) is 18.3 Å². The molecule has 0 bridgehead atoms. The first-order valence-corrected chi connectivity index (χ1v) is 6.73. The van der Waals surface area contributed by atoms with Gasteiger partial charge in [-0.05, 0) is 12.1 Å². The van der Waals surface area contributed by atoms with Crippen LogP contribution in [-0.4, -0.2) is 50.2 Å². The van der Waals surface area contributed by atoms with Crippen LogP contribution in [0.5, 0.6) is 0 Å². The maximum atomic E-state index is 13.8. The second kappa shape index (κ2) is 5.39. The van der Waals surface area contributed by atoms with Crippen molar-refractivity contribution < 1.29 is 24.4 Å². The maximum absolute atomic E-state index is 13.8. The van der Waals surface area contributed by atoms with E-state index < -0.39 is 36.8 Å². The fourth-order valence-corrected chi connectivity index (χ4v) is 2.73. The molecule has 4 atom stereocenters. The van der Waals surface area contributed by atoms with Gasteiger partial charge >= 0.3 is 0 Å². The number of aliphatic hydroxyl groups is 3. The van der Waals surface area contributed by atoms with Crippen molar-refractivity contribution in [1.29, 1.82) is 0 Å². The van der Waals surface area contributed by atoms with E-state index in [1.165, 1.54) is 18.3 Å². The van der Waals surface area contributed by atoms with Gasteiger partial charge in [0.25, 0.3) is 0 Å². The fourth-order valence-electron chi connectivity index (χ4n) is 2.46. The second-order valence-electron chi connectivity index (χ2n) is 4.87. The van der Waals surface area contributed by atoms with Gasteiger partial charge in [-0.1, -0.05) is 12.2 Å². The van der Waals surface area contributed by atoms with Crippen molar-refractivity contribution in [3.8, 4) is 0 Å². The summed E-state index contributed by atoms with van der Waals surface area (Å²) in [6.07, 6.45) is -3.02. The van der Waals surface area contributed by atoms with Crippen LogP contribution in [0.1, 0.15) is 11.7 Å². The van der Waals surface area contributed by atoms with E-state index in [1.54, 1.807) is 0 Å². The number of fused-ring (bicyclic) bond motifs is 1. The van der Waals surface area contributed by atoms with Gasteiger partial charge in [-0.2, -0.15) is 0 Å². The first-order chi connectivity index (χ1) is 10.0. The summed E-state index contributed by atoms with van der Waals surface area (Å²) >= 11 is 5.17. The number of rotatable bonds is 2. The van der Waals surface area contributed by atoms with E-state index in [-0.39, 0.29) is 15.7 Å². The molecule has 2 aromatic heterocycles. The number of halogens is 1. The van der Waals surface area contributed by atoms with Crippen LogP contribution in [0.3, 0.4) is 0 Å². The number of nitrogens with zero attached hydrogens (tertiary/aromatic N) is 1. The van der Waals surface area contributed by atoms with Crippen LogP contribution in [0.2, 0.25) is 0 Å². The predicted molar refractivity (Wildman–Crippen MR) is 73.6 cm³/mol. The van der Waals surface area contributed by atoms with Crippen LogP contribution >= 0.6 is 12.2 Å². The molecule has 112 valence electrons. The summed E-state index contributed by atoms with van der Waals surface area (Å²) in [6, 6.07) is 2.65. The number of aromatic amines is 1. The van der Waals surface area contributed by atoms with E-state index in [2.05, 4.69) is 9.97 Å². The molecule has 0 spiro atoms. The Hall–Kier alpha value is -1.45. The Morgan fingerprint density at radius 1 is 1.38 bits per heavy atom. The average molecular weight is 312 g/mol. The normalized spacial score (nSPS) is 29.1. The number of H-pyrrole nitrogens is 1. The molecule has 1 saturated heterocycles. The number of pyridine rings is 2. The van der Waals surface area contributed by atoms with Crippen LogP contribution in [0.4, 0.5) is 4.39 Å². The minimum Gasteiger partial charge on any atom is -0.394 e. The quantitative estimate of drug-likeness (QED) is 0.606. The average Bonchev–Trinajstić information content (AvgIpc) is 2.75. The van der Waals surface area contributed by atoms with E-state index >= 15 is 0 Å². The number of hydrogen-bond donors (Lipinski definition) is 4. The first kappa shape index (κ1) is 14.5. The van der Waals surface area contributed by atoms with E-state index in [4.69, 9.17) is 22.1 Å². The third-order valence-corrected chi connectivity index (χ3v) is 3.92. The summed E-state index contributed by atoms with van der Waals surface area (Å²) in [5.41, 5.74) is 0.627. The van der Waals surface area contributed by atoms with Crippen LogP contribution in [-0.2, 0) is 4.74 Å². The van der Waals surface area contributed by atoms with Gasteiger partial charge in [0.2, 0.25) is 0 Å². The number of ether oxygens (including phenoxy) is 1. The second-order valence-corrected chi connectivity index (χ2v) is 5.28. The molecule has 1 fully saturated rings. The van der Waals surface area contributed by atoms with Crippen molar-refractivity contribution in [2.75, 3.05) is 6.61 Å². The predicted octanol–water partition coefficient (Wildman–Crippen LogP) is 0.585. The van der Waals surface area contributed by atoms with Gasteiger partial charge in [-0.3, -0.25) is 0 Å². The molecular formula is C13H13FN2O4S. The smallest absolute Gasteiger partial charge is 0.141 e. The highest BCUT2D eigenvalue weighted by Gasteiger charge is 2.43. The summed E-state index contributed by atoms with van der Waals surface area (Å²) < 4.78 is 19.5. The fraction of sp³-hybridized carbons (Fsp3) is 0.385. The molecule has 0 aliphatic carbocycles. The molecule has 0 aromatic carbocycles. The molecule has 0 radical (unpaired) electrons. The Bertz CT molecular complexity index is 738. The third-order valence-electron chi connectivity index (χ3n) is 3.58. The molecular weight excluding hydrogens is 299 g/mol. The van der Waals surface area contributed by atoms with Crippen molar-refractivity contribution in [2.24, 2.45) is 0 Å². The third kappa shape index (κ3) is 2.34. The Kier molecular flexibility index (Phi) is 3.72. The van der Waals surface area contributed by atoms with E-state index in [0.29, 0.717) is 5.56 Å². The minimum atomic E-state index is -1.26. The maximum Gasteiger partial charge on any atom is 0.141 e. The molecule has 3 rings (SSSR count). The first-order valence-electron chi connectivity index (χ1n) is 6.33. The molecule has 1 aliphatic rings. The summed E-state index contributed by atoms with van der Waals surface area (Å²) in [7, 11) is 0. The summed E-state index contributed by atoms with van der Waals surface area (Å²) in [5.74, 6) is -0.487. The highest BCUT2D eigenvalue weighted by Crippen LogP contribution is 2.34. The lowest BCUT2D eigenvalue weighted by Crippen LogP contribution is -2.32. The van der Waals surface area contributed by atoms with Gasteiger partial charge in [0, 0.05) is 11.8 Å². The van der Waals surface area contributed by atoms with Gasteiger partial charge in [-0.25, -0.2) is 9.37 Å². The van der Waals surface area contributed by atoms with Crippen molar-refractivity contribution in [3.05, 3.63) is 34.4 Å². The number of hydrogen-bond acceptors (Lipinski definition) is 6. The summed E-state index contributed by atoms with van der Waals surface area (Å²) in [4.78, 5) is 6.75. The molecule has 8 heteroatoms. The number of nitrogens with one attached hydrogen (secondary N) is 1. The van der Waals surface area contributed by atoms with Gasteiger partial charge < -0.3 is 25.0 Å². The Labute approximate surface area is 123 Å². The Balaban J connectivity index is 2.11. The largest absolute Gasteiger partial charge is 0.394 e. The van der Waals surface area contributed by atoms with Gasteiger partial charge in [0.1, 0.15) is 40.5 Å². The summed E-state index contributed by atoms with van der Waals surface area (Å²) in [6.45, 7) is -0.436. The lowest BCUT2D eigenvalue weighted by molar-refractivity contribution is -0.0229. The molecule has 21 heavy (non-hydrogen) atoms. The molecule has 6 nitrogen and oxygen atoms in total. The molecule has 1 aliphatic heterocycles. The van der Waals surface area contributed by atoms with E-state index in [9.17, 15) is 14.6 Å². The van der Waals surface area contributed by atoms with Crippen LogP contribution in [0.25, 0.3) is 11.0 Å². The number of aromatic nitrogens is 2. The SMILES string of the molecule is OCC1OC(c2cc3c(F)ccnc3[nH]c2=S)C(O)C1O. The van der Waals surface area contributed by atoms with Gasteiger partial charge in [0.05, 0.1) is 12.0 Å². The van der Waals surface area contributed by atoms with E-state index in [0.717, 1.165) is 0 Å². The molecule has 2 aromatic rings. The molecule has 4 N–H and O–H groups in total. The minimum absolute atomic E-state index is 0.207. The molecule has 4 unspecified atom stereocenters. The highest BCUT2D eigenvalue weighted by molar-refractivity contribution is 7.71. The molecule has 3 heterocycles. The summed E-state index contributed by atoms with van der Waals surface area (Å²) in [5, 5.41) is 29.1.